The number of benzene rings is 1. The highest BCUT2D eigenvalue weighted by atomic mass is 35.5. The Morgan fingerprint density at radius 2 is 2.15 bits per heavy atom. The molecule has 0 saturated carbocycles. The van der Waals surface area contributed by atoms with Gasteiger partial charge >= 0.3 is 0 Å². The zero-order valence-corrected chi connectivity index (χ0v) is 15.8. The summed E-state index contributed by atoms with van der Waals surface area (Å²) in [5.74, 6) is 0.900. The zero-order chi connectivity index (χ0) is 19.2. The topological polar surface area (TPSA) is 72.4 Å². The minimum absolute atomic E-state index is 0.202. The molecule has 6 nitrogen and oxygen atoms in total. The van der Waals surface area contributed by atoms with Gasteiger partial charge in [-0.05, 0) is 30.3 Å². The van der Waals surface area contributed by atoms with Gasteiger partial charge in [0.25, 0.3) is 0 Å². The van der Waals surface area contributed by atoms with Gasteiger partial charge < -0.3 is 9.57 Å². The molecule has 136 valence electrons. The Morgan fingerprint density at radius 1 is 1.30 bits per heavy atom. The highest BCUT2D eigenvalue weighted by Crippen LogP contribution is 2.24. The summed E-state index contributed by atoms with van der Waals surface area (Å²) >= 11 is 12.0. The van der Waals surface area contributed by atoms with E-state index in [0.29, 0.717) is 32.9 Å². The third-order valence-electron chi connectivity index (χ3n) is 3.73. The van der Waals surface area contributed by atoms with Crippen LogP contribution in [0, 0.1) is 11.3 Å². The molecule has 2 heterocycles. The minimum Gasteiger partial charge on any atom is -0.495 e. The van der Waals surface area contributed by atoms with E-state index in [0.717, 1.165) is 5.56 Å². The molecule has 0 unspecified atom stereocenters. The van der Waals surface area contributed by atoms with Crippen molar-refractivity contribution in [2.75, 3.05) is 7.11 Å². The molecule has 0 amide bonds. The number of halogens is 2. The Morgan fingerprint density at radius 3 is 2.89 bits per heavy atom. The molecule has 8 heteroatoms. The third-order valence-corrected chi connectivity index (χ3v) is 4.31. The van der Waals surface area contributed by atoms with E-state index >= 15 is 0 Å². The van der Waals surface area contributed by atoms with Crippen molar-refractivity contribution in [2.45, 2.75) is 6.61 Å². The Balaban J connectivity index is 1.78. The van der Waals surface area contributed by atoms with Gasteiger partial charge in [0.2, 0.25) is 0 Å². The van der Waals surface area contributed by atoms with E-state index in [1.807, 2.05) is 12.1 Å². The first-order chi connectivity index (χ1) is 13.1. The maximum atomic E-state index is 9.44. The SMILES string of the molecule is COc1ccnc(-n2cccc2C=NOCc2ccc(Cl)cc2Cl)c1C#N. The number of hydrogen-bond donors (Lipinski definition) is 0. The lowest BCUT2D eigenvalue weighted by molar-refractivity contribution is 0.132. The van der Waals surface area contributed by atoms with Crippen LogP contribution in [0.1, 0.15) is 16.8 Å². The molecule has 1 aromatic carbocycles. The summed E-state index contributed by atoms with van der Waals surface area (Å²) < 4.78 is 6.95. The predicted molar refractivity (Wildman–Crippen MR) is 104 cm³/mol. The first kappa shape index (κ1) is 18.8. The van der Waals surface area contributed by atoms with Crippen molar-refractivity contribution >= 4 is 29.4 Å². The first-order valence-corrected chi connectivity index (χ1v) is 8.59. The summed E-state index contributed by atoms with van der Waals surface area (Å²) in [6, 6.07) is 12.6. The van der Waals surface area contributed by atoms with E-state index in [4.69, 9.17) is 32.8 Å². The second-order valence-electron chi connectivity index (χ2n) is 5.37. The zero-order valence-electron chi connectivity index (χ0n) is 14.3. The molecule has 0 aliphatic carbocycles. The molecule has 3 aromatic rings. The van der Waals surface area contributed by atoms with Gasteiger partial charge in [0, 0.05) is 28.0 Å². The molecule has 2 aromatic heterocycles. The van der Waals surface area contributed by atoms with Gasteiger partial charge in [-0.1, -0.05) is 34.4 Å². The maximum Gasteiger partial charge on any atom is 0.158 e. The van der Waals surface area contributed by atoms with Crippen molar-refractivity contribution in [1.29, 1.82) is 5.26 Å². The Labute approximate surface area is 166 Å². The molecule has 0 aliphatic heterocycles. The van der Waals surface area contributed by atoms with Gasteiger partial charge in [-0.15, -0.1) is 0 Å². The van der Waals surface area contributed by atoms with E-state index in [1.54, 1.807) is 41.2 Å². The van der Waals surface area contributed by atoms with E-state index in [2.05, 4.69) is 16.2 Å². The summed E-state index contributed by atoms with van der Waals surface area (Å²) in [5, 5.41) is 14.5. The van der Waals surface area contributed by atoms with Crippen molar-refractivity contribution in [3.63, 3.8) is 0 Å². The maximum absolute atomic E-state index is 9.44. The Hall–Kier alpha value is -3.01. The molecule has 0 aliphatic rings. The summed E-state index contributed by atoms with van der Waals surface area (Å²) in [4.78, 5) is 9.61. The fraction of sp³-hybridized carbons (Fsp3) is 0.105. The Kier molecular flexibility index (Phi) is 5.97. The number of ether oxygens (including phenoxy) is 1. The van der Waals surface area contributed by atoms with Crippen LogP contribution in [0.3, 0.4) is 0 Å². The van der Waals surface area contributed by atoms with Crippen LogP contribution >= 0.6 is 23.2 Å². The largest absolute Gasteiger partial charge is 0.495 e. The monoisotopic (exact) mass is 400 g/mol. The second kappa shape index (κ2) is 8.58. The van der Waals surface area contributed by atoms with E-state index in [1.165, 1.54) is 13.3 Å². The molecule has 0 radical (unpaired) electrons. The van der Waals surface area contributed by atoms with Crippen LogP contribution in [0.4, 0.5) is 0 Å². The van der Waals surface area contributed by atoms with Crippen LogP contribution in [0.15, 0.2) is 53.9 Å². The molecule has 0 spiro atoms. The first-order valence-electron chi connectivity index (χ1n) is 7.84. The smallest absolute Gasteiger partial charge is 0.158 e. The lowest BCUT2D eigenvalue weighted by atomic mass is 10.2. The average Bonchev–Trinajstić information content (AvgIpc) is 3.14. The van der Waals surface area contributed by atoms with Crippen molar-refractivity contribution in [3.05, 3.63) is 75.7 Å². The predicted octanol–water partition coefficient (Wildman–Crippen LogP) is 4.61. The highest BCUT2D eigenvalue weighted by Gasteiger charge is 2.13. The van der Waals surface area contributed by atoms with Crippen molar-refractivity contribution < 1.29 is 9.57 Å². The van der Waals surface area contributed by atoms with Gasteiger partial charge in [-0.2, -0.15) is 5.26 Å². The minimum atomic E-state index is 0.202. The average molecular weight is 401 g/mol. The lowest BCUT2D eigenvalue weighted by Crippen LogP contribution is -2.05. The van der Waals surface area contributed by atoms with Crippen molar-refractivity contribution in [3.8, 4) is 17.6 Å². The molecule has 0 N–H and O–H groups in total. The van der Waals surface area contributed by atoms with Gasteiger partial charge in [0.05, 0.1) is 19.0 Å². The van der Waals surface area contributed by atoms with Crippen LogP contribution in [0.2, 0.25) is 10.0 Å². The van der Waals surface area contributed by atoms with Gasteiger partial charge in [0.15, 0.2) is 5.82 Å². The van der Waals surface area contributed by atoms with Crippen molar-refractivity contribution in [1.82, 2.24) is 9.55 Å². The van der Waals surface area contributed by atoms with Crippen LogP contribution in [0.5, 0.6) is 5.75 Å². The standard InChI is InChI=1S/C19H14Cl2N4O2/c1-26-18-6-7-23-19(16(18)10-22)25-8-2-3-15(25)11-24-27-12-13-4-5-14(20)9-17(13)21/h2-9,11H,12H2,1H3. The number of aromatic nitrogens is 2. The third kappa shape index (κ3) is 4.22. The van der Waals surface area contributed by atoms with Crippen LogP contribution in [-0.4, -0.2) is 22.9 Å². The van der Waals surface area contributed by atoms with Gasteiger partial charge in [0.1, 0.15) is 24.0 Å². The van der Waals surface area contributed by atoms with E-state index < -0.39 is 0 Å². The second-order valence-corrected chi connectivity index (χ2v) is 6.21. The highest BCUT2D eigenvalue weighted by molar-refractivity contribution is 6.35. The molecule has 27 heavy (non-hydrogen) atoms. The van der Waals surface area contributed by atoms with Gasteiger partial charge in [-0.3, -0.25) is 4.57 Å². The molecule has 3 rings (SSSR count). The lowest BCUT2D eigenvalue weighted by Gasteiger charge is -2.10. The summed E-state index contributed by atoms with van der Waals surface area (Å²) in [6.45, 7) is 0.202. The summed E-state index contributed by atoms with van der Waals surface area (Å²) in [5.41, 5.74) is 1.80. The number of oxime groups is 1. The van der Waals surface area contributed by atoms with E-state index in [9.17, 15) is 5.26 Å². The quantitative estimate of drug-likeness (QED) is 0.447. The molecular weight excluding hydrogens is 387 g/mol. The fourth-order valence-corrected chi connectivity index (χ4v) is 2.88. The number of pyridine rings is 1. The van der Waals surface area contributed by atoms with Crippen LogP contribution in [-0.2, 0) is 11.4 Å². The number of methoxy groups -OCH3 is 1. The number of rotatable bonds is 6. The molecular formula is C19H14Cl2N4O2. The summed E-state index contributed by atoms with van der Waals surface area (Å²) in [7, 11) is 1.51. The van der Waals surface area contributed by atoms with Gasteiger partial charge in [-0.25, -0.2) is 4.98 Å². The molecule has 0 atom stereocenters. The summed E-state index contributed by atoms with van der Waals surface area (Å²) in [6.07, 6.45) is 4.89. The fourth-order valence-electron chi connectivity index (χ4n) is 2.42. The Bertz CT molecular complexity index is 1020. The van der Waals surface area contributed by atoms with Crippen LogP contribution in [0.25, 0.3) is 5.82 Å². The molecule has 0 saturated heterocycles. The number of nitriles is 1. The molecule has 0 bridgehead atoms. The van der Waals surface area contributed by atoms with E-state index in [-0.39, 0.29) is 6.61 Å². The number of nitrogens with zero attached hydrogens (tertiary/aromatic N) is 4. The molecule has 0 fully saturated rings. The normalized spacial score (nSPS) is 10.7. The number of hydrogen-bond acceptors (Lipinski definition) is 5. The van der Waals surface area contributed by atoms with Crippen LogP contribution < -0.4 is 4.74 Å². The van der Waals surface area contributed by atoms with Crippen molar-refractivity contribution in [2.24, 2.45) is 5.16 Å².